The number of amides is 1. The summed E-state index contributed by atoms with van der Waals surface area (Å²) in [6, 6.07) is 11.5. The van der Waals surface area contributed by atoms with E-state index in [2.05, 4.69) is 15.4 Å². The molecule has 0 saturated carbocycles. The molecule has 1 N–H and O–H groups in total. The molecule has 2 heterocycles. The first-order valence-electron chi connectivity index (χ1n) is 5.88. The van der Waals surface area contributed by atoms with Crippen LogP contribution in [0.4, 0.5) is 5.82 Å². The Morgan fingerprint density at radius 3 is 2.84 bits per heavy atom. The van der Waals surface area contributed by atoms with Crippen LogP contribution in [0.25, 0.3) is 10.9 Å². The zero-order valence-electron chi connectivity index (χ0n) is 10.4. The molecule has 5 nitrogen and oxygen atoms in total. The van der Waals surface area contributed by atoms with E-state index in [1.807, 2.05) is 30.3 Å². The summed E-state index contributed by atoms with van der Waals surface area (Å²) in [5.41, 5.74) is 1.36. The van der Waals surface area contributed by atoms with E-state index in [1.54, 1.807) is 24.0 Å². The number of carbonyl (C=O) groups is 1. The van der Waals surface area contributed by atoms with Gasteiger partial charge in [0.15, 0.2) is 0 Å². The average molecular weight is 252 g/mol. The van der Waals surface area contributed by atoms with Crippen molar-refractivity contribution >= 4 is 22.6 Å². The Kier molecular flexibility index (Phi) is 2.72. The fourth-order valence-corrected chi connectivity index (χ4v) is 1.86. The number of nitrogens with zero attached hydrogens (tertiary/aromatic N) is 3. The molecular formula is C14H12N4O. The molecule has 2 aromatic heterocycles. The minimum Gasteiger partial charge on any atom is -0.306 e. The highest BCUT2D eigenvalue weighted by molar-refractivity contribution is 6.03. The summed E-state index contributed by atoms with van der Waals surface area (Å²) in [4.78, 5) is 16.3. The van der Waals surface area contributed by atoms with E-state index in [9.17, 15) is 4.79 Å². The van der Waals surface area contributed by atoms with Gasteiger partial charge in [0.25, 0.3) is 5.91 Å². The van der Waals surface area contributed by atoms with Crippen molar-refractivity contribution in [1.82, 2.24) is 14.8 Å². The van der Waals surface area contributed by atoms with Crippen LogP contribution in [0.1, 0.15) is 10.4 Å². The molecule has 0 aliphatic rings. The highest BCUT2D eigenvalue weighted by Gasteiger charge is 2.08. The number of para-hydroxylation sites is 1. The van der Waals surface area contributed by atoms with E-state index in [0.29, 0.717) is 11.4 Å². The van der Waals surface area contributed by atoms with Crippen molar-refractivity contribution in [3.05, 3.63) is 54.4 Å². The van der Waals surface area contributed by atoms with Gasteiger partial charge in [0.05, 0.1) is 17.3 Å². The van der Waals surface area contributed by atoms with Crippen LogP contribution >= 0.6 is 0 Å². The van der Waals surface area contributed by atoms with Crippen LogP contribution in [0.2, 0.25) is 0 Å². The highest BCUT2D eigenvalue weighted by Crippen LogP contribution is 2.15. The maximum absolute atomic E-state index is 12.0. The van der Waals surface area contributed by atoms with Crippen LogP contribution in [0, 0.1) is 0 Å². The van der Waals surface area contributed by atoms with E-state index in [1.165, 1.54) is 6.20 Å². The maximum Gasteiger partial charge on any atom is 0.260 e. The van der Waals surface area contributed by atoms with Crippen LogP contribution in [0.15, 0.2) is 48.8 Å². The number of aryl methyl sites for hydroxylation is 1. The van der Waals surface area contributed by atoms with Crippen molar-refractivity contribution in [1.29, 1.82) is 0 Å². The lowest BCUT2D eigenvalue weighted by Crippen LogP contribution is -2.12. The predicted octanol–water partition coefficient (Wildman–Crippen LogP) is 2.22. The molecule has 0 aliphatic carbocycles. The largest absolute Gasteiger partial charge is 0.306 e. The number of hydrogen-bond donors (Lipinski definition) is 1. The second kappa shape index (κ2) is 4.53. The Morgan fingerprint density at radius 1 is 1.21 bits per heavy atom. The number of anilines is 1. The predicted molar refractivity (Wildman–Crippen MR) is 72.9 cm³/mol. The molecule has 0 spiro atoms. The zero-order valence-corrected chi connectivity index (χ0v) is 10.4. The Labute approximate surface area is 109 Å². The third-order valence-corrected chi connectivity index (χ3v) is 2.81. The summed E-state index contributed by atoms with van der Waals surface area (Å²) in [6.45, 7) is 0. The zero-order chi connectivity index (χ0) is 13.2. The van der Waals surface area contributed by atoms with Crippen LogP contribution in [0.3, 0.4) is 0 Å². The van der Waals surface area contributed by atoms with Gasteiger partial charge in [0.1, 0.15) is 5.82 Å². The summed E-state index contributed by atoms with van der Waals surface area (Å²) in [6.07, 6.45) is 3.19. The number of hydrogen-bond acceptors (Lipinski definition) is 3. The van der Waals surface area contributed by atoms with E-state index < -0.39 is 0 Å². The SMILES string of the molecule is Cn1cc(C(=O)Nc2ccc3ccccc3n2)cn1. The number of fused-ring (bicyclic) bond motifs is 1. The minimum absolute atomic E-state index is 0.212. The molecule has 94 valence electrons. The van der Waals surface area contributed by atoms with Crippen LogP contribution in [0.5, 0.6) is 0 Å². The van der Waals surface area contributed by atoms with Gasteiger partial charge in [-0.05, 0) is 18.2 Å². The van der Waals surface area contributed by atoms with Crippen LogP contribution < -0.4 is 5.32 Å². The number of pyridine rings is 1. The molecule has 19 heavy (non-hydrogen) atoms. The van der Waals surface area contributed by atoms with Crippen molar-refractivity contribution in [2.45, 2.75) is 0 Å². The third kappa shape index (κ3) is 2.30. The molecule has 0 radical (unpaired) electrons. The second-order valence-corrected chi connectivity index (χ2v) is 4.25. The van der Waals surface area contributed by atoms with Crippen LogP contribution in [-0.4, -0.2) is 20.7 Å². The van der Waals surface area contributed by atoms with Gasteiger partial charge in [0, 0.05) is 18.6 Å². The molecule has 0 saturated heterocycles. The topological polar surface area (TPSA) is 59.8 Å². The van der Waals surface area contributed by atoms with Gasteiger partial charge in [-0.25, -0.2) is 4.98 Å². The first-order valence-corrected chi connectivity index (χ1v) is 5.88. The lowest BCUT2D eigenvalue weighted by atomic mass is 10.2. The van der Waals surface area contributed by atoms with E-state index in [4.69, 9.17) is 0 Å². The number of aromatic nitrogens is 3. The molecule has 0 aliphatic heterocycles. The maximum atomic E-state index is 12.0. The van der Waals surface area contributed by atoms with Gasteiger partial charge in [-0.15, -0.1) is 0 Å². The minimum atomic E-state index is -0.212. The molecule has 1 aromatic carbocycles. The molecular weight excluding hydrogens is 240 g/mol. The Hall–Kier alpha value is -2.69. The van der Waals surface area contributed by atoms with Gasteiger partial charge in [0.2, 0.25) is 0 Å². The Bertz CT molecular complexity index is 748. The third-order valence-electron chi connectivity index (χ3n) is 2.81. The molecule has 0 bridgehead atoms. The van der Waals surface area contributed by atoms with Gasteiger partial charge >= 0.3 is 0 Å². The first-order chi connectivity index (χ1) is 9.22. The van der Waals surface area contributed by atoms with Gasteiger partial charge in [-0.2, -0.15) is 5.10 Å². The van der Waals surface area contributed by atoms with E-state index in [0.717, 1.165) is 10.9 Å². The summed E-state index contributed by atoms with van der Waals surface area (Å²) >= 11 is 0. The fourth-order valence-electron chi connectivity index (χ4n) is 1.86. The summed E-state index contributed by atoms with van der Waals surface area (Å²) in [5.74, 6) is 0.323. The Balaban J connectivity index is 1.87. The molecule has 0 unspecified atom stereocenters. The molecule has 3 rings (SSSR count). The van der Waals surface area contributed by atoms with Gasteiger partial charge in [-0.1, -0.05) is 18.2 Å². The Morgan fingerprint density at radius 2 is 2.05 bits per heavy atom. The number of benzene rings is 1. The van der Waals surface area contributed by atoms with E-state index in [-0.39, 0.29) is 5.91 Å². The number of carbonyl (C=O) groups excluding carboxylic acids is 1. The van der Waals surface area contributed by atoms with Gasteiger partial charge < -0.3 is 5.32 Å². The van der Waals surface area contributed by atoms with Gasteiger partial charge in [-0.3, -0.25) is 9.48 Å². The molecule has 0 fully saturated rings. The molecule has 5 heteroatoms. The lowest BCUT2D eigenvalue weighted by molar-refractivity contribution is 0.102. The summed E-state index contributed by atoms with van der Waals surface area (Å²) < 4.78 is 1.59. The number of rotatable bonds is 2. The smallest absolute Gasteiger partial charge is 0.260 e. The number of nitrogens with one attached hydrogen (secondary N) is 1. The fraction of sp³-hybridized carbons (Fsp3) is 0.0714. The van der Waals surface area contributed by atoms with E-state index >= 15 is 0 Å². The van der Waals surface area contributed by atoms with Crippen molar-refractivity contribution in [2.24, 2.45) is 7.05 Å². The normalized spacial score (nSPS) is 10.6. The summed E-state index contributed by atoms with van der Waals surface area (Å²) in [5, 5.41) is 7.77. The molecule has 1 amide bonds. The lowest BCUT2D eigenvalue weighted by Gasteiger charge is -2.04. The quantitative estimate of drug-likeness (QED) is 0.760. The standard InChI is InChI=1S/C14H12N4O/c1-18-9-11(8-15-18)14(19)17-13-7-6-10-4-2-3-5-12(10)16-13/h2-9H,1H3,(H,16,17,19). The monoisotopic (exact) mass is 252 g/mol. The first kappa shape index (κ1) is 11.4. The summed E-state index contributed by atoms with van der Waals surface area (Å²) in [7, 11) is 1.77. The second-order valence-electron chi connectivity index (χ2n) is 4.25. The van der Waals surface area contributed by atoms with Crippen molar-refractivity contribution in [3.8, 4) is 0 Å². The highest BCUT2D eigenvalue weighted by atomic mass is 16.1. The van der Waals surface area contributed by atoms with Crippen molar-refractivity contribution < 1.29 is 4.79 Å². The van der Waals surface area contributed by atoms with Crippen molar-refractivity contribution in [2.75, 3.05) is 5.32 Å². The van der Waals surface area contributed by atoms with Crippen LogP contribution in [-0.2, 0) is 7.05 Å². The molecule has 3 aromatic rings. The average Bonchev–Trinajstić information content (AvgIpc) is 2.85. The molecule has 0 atom stereocenters. The van der Waals surface area contributed by atoms with Crippen molar-refractivity contribution in [3.63, 3.8) is 0 Å².